The van der Waals surface area contributed by atoms with Crippen LogP contribution in [0.1, 0.15) is 18.4 Å². The molecule has 0 saturated heterocycles. The molecule has 0 aliphatic heterocycles. The number of hydrogen-bond donors (Lipinski definition) is 1. The van der Waals surface area contributed by atoms with Gasteiger partial charge in [-0.25, -0.2) is 0 Å². The van der Waals surface area contributed by atoms with Crippen molar-refractivity contribution in [2.24, 2.45) is 0 Å². The first-order chi connectivity index (χ1) is 11.6. The van der Waals surface area contributed by atoms with E-state index in [0.717, 1.165) is 35.8 Å². The fourth-order valence-corrected chi connectivity index (χ4v) is 2.76. The van der Waals surface area contributed by atoms with Gasteiger partial charge in [-0.2, -0.15) is 0 Å². The lowest BCUT2D eigenvalue weighted by molar-refractivity contribution is -0.117. The van der Waals surface area contributed by atoms with Crippen molar-refractivity contribution in [3.63, 3.8) is 0 Å². The van der Waals surface area contributed by atoms with Gasteiger partial charge in [-0.3, -0.25) is 9.69 Å². The summed E-state index contributed by atoms with van der Waals surface area (Å²) in [5.41, 5.74) is 1.95. The fraction of sp³-hybridized carbons (Fsp3) is 0.316. The number of anilines is 1. The number of benzene rings is 2. The van der Waals surface area contributed by atoms with Crippen LogP contribution < -0.4 is 10.1 Å². The highest BCUT2D eigenvalue weighted by molar-refractivity contribution is 6.30. The predicted molar refractivity (Wildman–Crippen MR) is 96.5 cm³/mol. The van der Waals surface area contributed by atoms with Crippen LogP contribution >= 0.6 is 11.6 Å². The van der Waals surface area contributed by atoms with Crippen LogP contribution in [-0.2, 0) is 11.3 Å². The molecule has 0 radical (unpaired) electrons. The van der Waals surface area contributed by atoms with E-state index >= 15 is 0 Å². The third-order valence-corrected chi connectivity index (χ3v) is 4.33. The van der Waals surface area contributed by atoms with E-state index < -0.39 is 0 Å². The van der Waals surface area contributed by atoms with Crippen LogP contribution in [0.15, 0.2) is 48.5 Å². The average molecular weight is 345 g/mol. The second-order valence-corrected chi connectivity index (χ2v) is 6.48. The molecule has 2 aromatic rings. The molecular weight excluding hydrogens is 324 g/mol. The monoisotopic (exact) mass is 344 g/mol. The van der Waals surface area contributed by atoms with Crippen LogP contribution in [0.3, 0.4) is 0 Å². The largest absolute Gasteiger partial charge is 0.497 e. The van der Waals surface area contributed by atoms with Crippen LogP contribution in [0.2, 0.25) is 5.02 Å². The number of carbonyl (C=O) groups is 1. The Morgan fingerprint density at radius 3 is 2.42 bits per heavy atom. The summed E-state index contributed by atoms with van der Waals surface area (Å²) in [5, 5.41) is 3.67. The van der Waals surface area contributed by atoms with Crippen LogP contribution in [0.5, 0.6) is 5.75 Å². The van der Waals surface area contributed by atoms with Crippen molar-refractivity contribution in [2.45, 2.75) is 25.4 Å². The molecule has 5 heteroatoms. The maximum atomic E-state index is 12.3. The predicted octanol–water partition coefficient (Wildman–Crippen LogP) is 3.95. The zero-order chi connectivity index (χ0) is 16.9. The van der Waals surface area contributed by atoms with Gasteiger partial charge in [-0.15, -0.1) is 0 Å². The highest BCUT2D eigenvalue weighted by atomic mass is 35.5. The second-order valence-electron chi connectivity index (χ2n) is 6.04. The maximum Gasteiger partial charge on any atom is 0.238 e. The zero-order valence-corrected chi connectivity index (χ0v) is 14.4. The van der Waals surface area contributed by atoms with Crippen LogP contribution in [0, 0.1) is 0 Å². The minimum Gasteiger partial charge on any atom is -0.497 e. The number of methoxy groups -OCH3 is 1. The topological polar surface area (TPSA) is 41.6 Å². The lowest BCUT2D eigenvalue weighted by Crippen LogP contribution is -2.34. The number of amides is 1. The fourth-order valence-electron chi connectivity index (χ4n) is 2.64. The first-order valence-electron chi connectivity index (χ1n) is 8.06. The highest BCUT2D eigenvalue weighted by Gasteiger charge is 2.30. The van der Waals surface area contributed by atoms with E-state index in [1.807, 2.05) is 48.5 Å². The Morgan fingerprint density at radius 1 is 1.17 bits per heavy atom. The lowest BCUT2D eigenvalue weighted by Gasteiger charge is -2.21. The molecule has 0 bridgehead atoms. The van der Waals surface area contributed by atoms with E-state index in [-0.39, 0.29) is 5.91 Å². The van der Waals surface area contributed by atoms with Gasteiger partial charge in [0.25, 0.3) is 0 Å². The number of ether oxygens (including phenoxy) is 1. The second kappa shape index (κ2) is 7.69. The molecule has 126 valence electrons. The molecule has 0 atom stereocenters. The minimum atomic E-state index is 0.000954. The molecule has 24 heavy (non-hydrogen) atoms. The lowest BCUT2D eigenvalue weighted by atomic mass is 10.2. The third-order valence-electron chi connectivity index (χ3n) is 4.08. The molecule has 1 aliphatic rings. The molecular formula is C19H21ClN2O2. The van der Waals surface area contributed by atoms with Crippen molar-refractivity contribution in [3.05, 3.63) is 59.1 Å². The van der Waals surface area contributed by atoms with E-state index in [0.29, 0.717) is 12.6 Å². The highest BCUT2D eigenvalue weighted by Crippen LogP contribution is 2.28. The molecule has 0 unspecified atom stereocenters. The molecule has 1 amide bonds. The summed E-state index contributed by atoms with van der Waals surface area (Å²) in [6.07, 6.45) is 2.31. The normalized spacial score (nSPS) is 13.8. The zero-order valence-electron chi connectivity index (χ0n) is 13.7. The number of nitrogens with one attached hydrogen (secondary N) is 1. The quantitative estimate of drug-likeness (QED) is 0.826. The number of nitrogens with zero attached hydrogens (tertiary/aromatic N) is 1. The van der Waals surface area contributed by atoms with Crippen molar-refractivity contribution in [2.75, 3.05) is 19.0 Å². The smallest absolute Gasteiger partial charge is 0.238 e. The molecule has 2 aromatic carbocycles. The van der Waals surface area contributed by atoms with Crippen molar-refractivity contribution in [1.29, 1.82) is 0 Å². The molecule has 0 heterocycles. The van der Waals surface area contributed by atoms with E-state index in [1.165, 1.54) is 5.56 Å². The number of carbonyl (C=O) groups excluding carboxylic acids is 1. The third kappa shape index (κ3) is 4.73. The van der Waals surface area contributed by atoms with Gasteiger partial charge in [0.15, 0.2) is 0 Å². The van der Waals surface area contributed by atoms with Crippen molar-refractivity contribution in [1.82, 2.24) is 4.90 Å². The number of halogens is 1. The standard InChI is InChI=1S/C19H21ClN2O2/c1-24-18-10-6-16(7-11-18)21-19(23)13-22(17-8-9-17)12-14-2-4-15(20)5-3-14/h2-7,10-11,17H,8-9,12-13H2,1H3,(H,21,23). The molecule has 1 aliphatic carbocycles. The first-order valence-corrected chi connectivity index (χ1v) is 8.44. The molecule has 1 saturated carbocycles. The SMILES string of the molecule is COc1ccc(NC(=O)CN(Cc2ccc(Cl)cc2)C2CC2)cc1. The molecule has 3 rings (SSSR count). The summed E-state index contributed by atoms with van der Waals surface area (Å²) in [5.74, 6) is 0.774. The van der Waals surface area contributed by atoms with Crippen molar-refractivity contribution in [3.8, 4) is 5.75 Å². The van der Waals surface area contributed by atoms with Crippen LogP contribution in [0.25, 0.3) is 0 Å². The van der Waals surface area contributed by atoms with Crippen LogP contribution in [-0.4, -0.2) is 30.5 Å². The maximum absolute atomic E-state index is 12.3. The van der Waals surface area contributed by atoms with Crippen molar-refractivity contribution >= 4 is 23.2 Å². The Bertz CT molecular complexity index is 682. The van der Waals surface area contributed by atoms with Gasteiger partial charge in [-0.1, -0.05) is 23.7 Å². The Balaban J connectivity index is 1.58. The van der Waals surface area contributed by atoms with Gasteiger partial charge in [0, 0.05) is 23.3 Å². The Kier molecular flexibility index (Phi) is 5.38. The average Bonchev–Trinajstić information content (AvgIpc) is 3.42. The van der Waals surface area contributed by atoms with Crippen molar-refractivity contribution < 1.29 is 9.53 Å². The number of hydrogen-bond acceptors (Lipinski definition) is 3. The van der Waals surface area contributed by atoms with Gasteiger partial charge < -0.3 is 10.1 Å². The van der Waals surface area contributed by atoms with Gasteiger partial charge in [-0.05, 0) is 54.8 Å². The molecule has 0 aromatic heterocycles. The number of rotatable bonds is 7. The molecule has 4 nitrogen and oxygen atoms in total. The summed E-state index contributed by atoms with van der Waals surface area (Å²) >= 11 is 5.93. The van der Waals surface area contributed by atoms with Crippen LogP contribution in [0.4, 0.5) is 5.69 Å². The van der Waals surface area contributed by atoms with Gasteiger partial charge in [0.1, 0.15) is 5.75 Å². The van der Waals surface area contributed by atoms with E-state index in [2.05, 4.69) is 10.2 Å². The Hall–Kier alpha value is -2.04. The van der Waals surface area contributed by atoms with Gasteiger partial charge in [0.05, 0.1) is 13.7 Å². The summed E-state index contributed by atoms with van der Waals surface area (Å²) in [4.78, 5) is 14.6. The van der Waals surface area contributed by atoms with Gasteiger partial charge >= 0.3 is 0 Å². The summed E-state index contributed by atoms with van der Waals surface area (Å²) in [7, 11) is 1.62. The van der Waals surface area contributed by atoms with E-state index in [4.69, 9.17) is 16.3 Å². The van der Waals surface area contributed by atoms with Gasteiger partial charge in [0.2, 0.25) is 5.91 Å². The first kappa shape index (κ1) is 16.8. The molecule has 0 spiro atoms. The summed E-state index contributed by atoms with van der Waals surface area (Å²) < 4.78 is 5.12. The molecule has 1 N–H and O–H groups in total. The van der Waals surface area contributed by atoms with E-state index in [1.54, 1.807) is 7.11 Å². The summed E-state index contributed by atoms with van der Waals surface area (Å²) in [6.45, 7) is 1.15. The Morgan fingerprint density at radius 2 is 1.83 bits per heavy atom. The Labute approximate surface area is 147 Å². The minimum absolute atomic E-state index is 0.000954. The van der Waals surface area contributed by atoms with E-state index in [9.17, 15) is 4.79 Å². The summed E-state index contributed by atoms with van der Waals surface area (Å²) in [6, 6.07) is 15.7. The molecule has 1 fully saturated rings.